The molecule has 0 aliphatic carbocycles. The number of hydrogen-bond donors (Lipinski definition) is 2. The highest BCUT2D eigenvalue weighted by Gasteiger charge is 2.28. The Labute approximate surface area is 149 Å². The van der Waals surface area contributed by atoms with Crippen LogP contribution in [0.2, 0.25) is 0 Å². The molecule has 1 aromatic carbocycles. The summed E-state index contributed by atoms with van der Waals surface area (Å²) in [5, 5.41) is 13.7. The fourth-order valence-corrected chi connectivity index (χ4v) is 4.05. The zero-order valence-electron chi connectivity index (χ0n) is 14.1. The summed E-state index contributed by atoms with van der Waals surface area (Å²) in [5.41, 5.74) is 7.46. The summed E-state index contributed by atoms with van der Waals surface area (Å²) in [6.07, 6.45) is 2.05. The molecule has 1 aliphatic heterocycles. The van der Waals surface area contributed by atoms with Crippen LogP contribution in [0.1, 0.15) is 37.7 Å². The first-order valence-electron chi connectivity index (χ1n) is 8.44. The van der Waals surface area contributed by atoms with Gasteiger partial charge < -0.3 is 0 Å². The van der Waals surface area contributed by atoms with Gasteiger partial charge in [-0.1, -0.05) is 55.5 Å². The Hall–Kier alpha value is -2.16. The van der Waals surface area contributed by atoms with Gasteiger partial charge >= 0.3 is 5.56 Å². The van der Waals surface area contributed by atoms with Gasteiger partial charge in [0.1, 0.15) is 5.01 Å². The van der Waals surface area contributed by atoms with Crippen molar-refractivity contribution in [3.05, 3.63) is 45.7 Å². The van der Waals surface area contributed by atoms with E-state index in [-0.39, 0.29) is 11.6 Å². The minimum absolute atomic E-state index is 0.0926. The minimum atomic E-state index is -0.233. The minimum Gasteiger partial charge on any atom is -0.265 e. The summed E-state index contributed by atoms with van der Waals surface area (Å²) in [6, 6.07) is 9.87. The maximum Gasteiger partial charge on any atom is 0.302 e. The molecule has 1 fully saturated rings. The van der Waals surface area contributed by atoms with Crippen LogP contribution in [0.4, 0.5) is 0 Å². The zero-order valence-corrected chi connectivity index (χ0v) is 15.0. The van der Waals surface area contributed by atoms with Crippen molar-refractivity contribution in [3.8, 4) is 11.3 Å². The summed E-state index contributed by atoms with van der Waals surface area (Å²) in [4.78, 5) is 13.3. The average molecular weight is 356 g/mol. The van der Waals surface area contributed by atoms with Crippen molar-refractivity contribution in [1.29, 1.82) is 0 Å². The summed E-state index contributed by atoms with van der Waals surface area (Å²) in [6.45, 7) is 4.43. The van der Waals surface area contributed by atoms with Crippen LogP contribution in [-0.2, 0) is 0 Å². The Kier molecular flexibility index (Phi) is 4.32. The van der Waals surface area contributed by atoms with Crippen LogP contribution in [0.15, 0.2) is 35.1 Å². The van der Waals surface area contributed by atoms with Crippen LogP contribution in [0.3, 0.4) is 0 Å². The summed E-state index contributed by atoms with van der Waals surface area (Å²) in [7, 11) is 0. The molecule has 0 amide bonds. The van der Waals surface area contributed by atoms with Gasteiger partial charge in [-0.05, 0) is 18.8 Å². The Morgan fingerprint density at radius 2 is 2.04 bits per heavy atom. The van der Waals surface area contributed by atoms with E-state index in [2.05, 4.69) is 40.0 Å². The molecule has 130 valence electrons. The molecule has 8 heteroatoms. The average Bonchev–Trinajstić information content (AvgIpc) is 3.22. The van der Waals surface area contributed by atoms with Crippen molar-refractivity contribution >= 4 is 16.3 Å². The lowest BCUT2D eigenvalue weighted by Gasteiger charge is -2.10. The first kappa shape index (κ1) is 16.3. The van der Waals surface area contributed by atoms with Crippen LogP contribution in [0.25, 0.3) is 16.2 Å². The molecule has 7 nitrogen and oxygen atoms in total. The smallest absolute Gasteiger partial charge is 0.265 e. The lowest BCUT2D eigenvalue weighted by atomic mass is 10.0. The second kappa shape index (κ2) is 6.62. The topological polar surface area (TPSA) is 84.2 Å². The van der Waals surface area contributed by atoms with Crippen LogP contribution in [-0.4, -0.2) is 25.9 Å². The van der Waals surface area contributed by atoms with Gasteiger partial charge in [0.2, 0.25) is 4.96 Å². The molecular weight excluding hydrogens is 336 g/mol. The van der Waals surface area contributed by atoms with E-state index >= 15 is 0 Å². The van der Waals surface area contributed by atoms with Crippen molar-refractivity contribution in [2.75, 3.05) is 0 Å². The maximum absolute atomic E-state index is 12.7. The van der Waals surface area contributed by atoms with Crippen molar-refractivity contribution in [2.24, 2.45) is 5.92 Å². The standard InChI is InChI=1S/C17H20N6OS/c1-10(2)8-12-9-13(19-18-12)15-22-23-16(24)14(20-21-17(23)25-15)11-6-4-3-5-7-11/h3-7,10,12-13,18-19H,8-9H2,1-2H3. The van der Waals surface area contributed by atoms with E-state index in [1.54, 1.807) is 0 Å². The normalized spacial score (nSPS) is 20.6. The van der Waals surface area contributed by atoms with Gasteiger partial charge in [-0.25, -0.2) is 5.43 Å². The number of hydrogen-bond acceptors (Lipinski definition) is 7. The van der Waals surface area contributed by atoms with E-state index in [0.29, 0.717) is 22.6 Å². The molecule has 0 spiro atoms. The highest BCUT2D eigenvalue weighted by Crippen LogP contribution is 2.27. The summed E-state index contributed by atoms with van der Waals surface area (Å²) < 4.78 is 1.37. The van der Waals surface area contributed by atoms with Gasteiger partial charge in [0.05, 0.1) is 6.04 Å². The van der Waals surface area contributed by atoms with E-state index in [1.807, 2.05) is 30.3 Å². The number of aromatic nitrogens is 4. The number of fused-ring (bicyclic) bond motifs is 1. The SMILES string of the molecule is CC(C)CC1CC(c2nn3c(=O)c(-c4ccccc4)nnc3s2)NN1. The lowest BCUT2D eigenvalue weighted by molar-refractivity contribution is 0.446. The summed E-state index contributed by atoms with van der Waals surface area (Å²) in [5.74, 6) is 0.635. The van der Waals surface area contributed by atoms with E-state index < -0.39 is 0 Å². The van der Waals surface area contributed by atoms with E-state index in [1.165, 1.54) is 15.9 Å². The second-order valence-electron chi connectivity index (χ2n) is 6.76. The predicted octanol–water partition coefficient (Wildman–Crippen LogP) is 2.17. The van der Waals surface area contributed by atoms with E-state index in [0.717, 1.165) is 23.4 Å². The summed E-state index contributed by atoms with van der Waals surface area (Å²) >= 11 is 1.41. The second-order valence-corrected chi connectivity index (χ2v) is 7.75. The van der Waals surface area contributed by atoms with Gasteiger partial charge in [0, 0.05) is 11.6 Å². The van der Waals surface area contributed by atoms with Crippen molar-refractivity contribution < 1.29 is 0 Å². The monoisotopic (exact) mass is 356 g/mol. The van der Waals surface area contributed by atoms with Crippen LogP contribution in [0.5, 0.6) is 0 Å². The van der Waals surface area contributed by atoms with E-state index in [4.69, 9.17) is 0 Å². The van der Waals surface area contributed by atoms with Gasteiger partial charge in [0.25, 0.3) is 0 Å². The fraction of sp³-hybridized carbons (Fsp3) is 0.412. The van der Waals surface area contributed by atoms with Crippen LogP contribution < -0.4 is 16.4 Å². The van der Waals surface area contributed by atoms with E-state index in [9.17, 15) is 4.79 Å². The van der Waals surface area contributed by atoms with Crippen molar-refractivity contribution in [2.45, 2.75) is 38.8 Å². The Bertz CT molecular complexity index is 935. The molecule has 0 bridgehead atoms. The Morgan fingerprint density at radius 3 is 2.80 bits per heavy atom. The number of nitrogens with zero attached hydrogens (tertiary/aromatic N) is 4. The van der Waals surface area contributed by atoms with Gasteiger partial charge in [0.15, 0.2) is 5.69 Å². The van der Waals surface area contributed by atoms with Gasteiger partial charge in [-0.2, -0.15) is 9.61 Å². The number of rotatable bonds is 4. The van der Waals surface area contributed by atoms with Gasteiger partial charge in [-0.15, -0.1) is 10.2 Å². The predicted molar refractivity (Wildman–Crippen MR) is 97.2 cm³/mol. The van der Waals surface area contributed by atoms with Gasteiger partial charge in [-0.3, -0.25) is 10.2 Å². The molecule has 0 radical (unpaired) electrons. The first-order chi connectivity index (χ1) is 12.1. The number of nitrogens with one attached hydrogen (secondary N) is 2. The number of benzene rings is 1. The number of hydrazine groups is 1. The third-order valence-electron chi connectivity index (χ3n) is 4.29. The van der Waals surface area contributed by atoms with Crippen molar-refractivity contribution in [1.82, 2.24) is 30.7 Å². The maximum atomic E-state index is 12.7. The lowest BCUT2D eigenvalue weighted by Crippen LogP contribution is -2.31. The molecule has 2 atom stereocenters. The third-order valence-corrected chi connectivity index (χ3v) is 5.30. The van der Waals surface area contributed by atoms with Crippen LogP contribution in [0, 0.1) is 5.92 Å². The molecule has 25 heavy (non-hydrogen) atoms. The molecular formula is C17H20N6OS. The molecule has 1 saturated heterocycles. The molecule has 2 unspecified atom stereocenters. The molecule has 0 saturated carbocycles. The third kappa shape index (κ3) is 3.20. The van der Waals surface area contributed by atoms with Crippen LogP contribution >= 0.6 is 11.3 Å². The highest BCUT2D eigenvalue weighted by atomic mass is 32.1. The Morgan fingerprint density at radius 1 is 1.24 bits per heavy atom. The molecule has 2 aromatic heterocycles. The fourth-order valence-electron chi connectivity index (χ4n) is 3.16. The molecule has 2 N–H and O–H groups in total. The quantitative estimate of drug-likeness (QED) is 0.745. The largest absolute Gasteiger partial charge is 0.302 e. The zero-order chi connectivity index (χ0) is 17.4. The molecule has 3 heterocycles. The Balaban J connectivity index is 1.65. The molecule has 4 rings (SSSR count). The van der Waals surface area contributed by atoms with Crippen molar-refractivity contribution in [3.63, 3.8) is 0 Å². The first-order valence-corrected chi connectivity index (χ1v) is 9.26. The molecule has 1 aliphatic rings. The molecule has 3 aromatic rings. The highest BCUT2D eigenvalue weighted by molar-refractivity contribution is 7.16.